The first-order chi connectivity index (χ1) is 11.6. The van der Waals surface area contributed by atoms with Crippen LogP contribution in [-0.4, -0.2) is 42.6 Å². The Morgan fingerprint density at radius 3 is 2.83 bits per heavy atom. The molecule has 6 nitrogen and oxygen atoms in total. The minimum atomic E-state index is -0.440. The van der Waals surface area contributed by atoms with E-state index < -0.39 is 6.09 Å². The summed E-state index contributed by atoms with van der Waals surface area (Å²) in [6.07, 6.45) is 4.49. The maximum absolute atomic E-state index is 12.3. The van der Waals surface area contributed by atoms with Crippen molar-refractivity contribution in [3.63, 3.8) is 0 Å². The van der Waals surface area contributed by atoms with E-state index >= 15 is 0 Å². The summed E-state index contributed by atoms with van der Waals surface area (Å²) in [5.41, 5.74) is 1.45. The van der Waals surface area contributed by atoms with Crippen molar-refractivity contribution < 1.29 is 14.3 Å². The fraction of sp³-hybridized carbons (Fsp3) is 0.389. The number of nitriles is 1. The van der Waals surface area contributed by atoms with Crippen LogP contribution in [0.2, 0.25) is 0 Å². The number of hydrogen-bond donors (Lipinski definition) is 1. The summed E-state index contributed by atoms with van der Waals surface area (Å²) in [7, 11) is 0. The number of alkyl carbamates (subject to hydrolysis) is 1. The van der Waals surface area contributed by atoms with Crippen LogP contribution in [0.1, 0.15) is 30.9 Å². The first-order valence-corrected chi connectivity index (χ1v) is 8.03. The number of carbonyl (C=O) groups is 2. The first-order valence-electron chi connectivity index (χ1n) is 8.03. The molecule has 2 rings (SSSR count). The molecule has 1 aliphatic rings. The van der Waals surface area contributed by atoms with Crippen LogP contribution in [0.15, 0.2) is 30.3 Å². The smallest absolute Gasteiger partial charge is 0.407 e. The summed E-state index contributed by atoms with van der Waals surface area (Å²) in [5.74, 6) is -0.0882. The predicted molar refractivity (Wildman–Crippen MR) is 90.0 cm³/mol. The molecule has 1 aromatic rings. The van der Waals surface area contributed by atoms with Crippen molar-refractivity contribution in [1.82, 2.24) is 10.2 Å². The SMILES string of the molecule is CCOC(=O)NC1CCCN(C(=O)C=Cc2ccc(C#N)cc2)C1. The molecule has 0 aromatic heterocycles. The summed E-state index contributed by atoms with van der Waals surface area (Å²) in [4.78, 5) is 25.5. The Morgan fingerprint density at radius 1 is 1.42 bits per heavy atom. The van der Waals surface area contributed by atoms with E-state index in [-0.39, 0.29) is 11.9 Å². The largest absolute Gasteiger partial charge is 0.450 e. The average molecular weight is 327 g/mol. The van der Waals surface area contributed by atoms with E-state index in [9.17, 15) is 9.59 Å². The zero-order valence-electron chi connectivity index (χ0n) is 13.7. The van der Waals surface area contributed by atoms with Crippen LogP contribution >= 0.6 is 0 Å². The molecule has 1 unspecified atom stereocenters. The molecule has 1 aliphatic heterocycles. The van der Waals surface area contributed by atoms with Crippen molar-refractivity contribution in [2.24, 2.45) is 0 Å². The number of nitrogens with one attached hydrogen (secondary N) is 1. The first kappa shape index (κ1) is 17.5. The van der Waals surface area contributed by atoms with Crippen LogP contribution in [0.25, 0.3) is 6.08 Å². The van der Waals surface area contributed by atoms with Gasteiger partial charge in [0.25, 0.3) is 0 Å². The number of benzene rings is 1. The molecule has 126 valence electrons. The van der Waals surface area contributed by atoms with E-state index in [2.05, 4.69) is 11.4 Å². The van der Waals surface area contributed by atoms with E-state index in [0.29, 0.717) is 25.3 Å². The predicted octanol–water partition coefficient (Wildman–Crippen LogP) is 2.31. The van der Waals surface area contributed by atoms with Crippen molar-refractivity contribution in [2.45, 2.75) is 25.8 Å². The van der Waals surface area contributed by atoms with E-state index in [0.717, 1.165) is 18.4 Å². The van der Waals surface area contributed by atoms with Gasteiger partial charge in [-0.15, -0.1) is 0 Å². The van der Waals surface area contributed by atoms with Gasteiger partial charge in [-0.1, -0.05) is 12.1 Å². The molecule has 1 atom stereocenters. The van der Waals surface area contributed by atoms with E-state index in [4.69, 9.17) is 10.00 Å². The van der Waals surface area contributed by atoms with Crippen molar-refractivity contribution in [1.29, 1.82) is 5.26 Å². The van der Waals surface area contributed by atoms with Crippen molar-refractivity contribution in [2.75, 3.05) is 19.7 Å². The Labute approximate surface area is 141 Å². The Bertz CT molecular complexity index is 646. The lowest BCUT2D eigenvalue weighted by atomic mass is 10.1. The summed E-state index contributed by atoms with van der Waals surface area (Å²) in [6.45, 7) is 3.24. The van der Waals surface area contributed by atoms with Gasteiger partial charge in [0, 0.05) is 25.2 Å². The van der Waals surface area contributed by atoms with Crippen molar-refractivity contribution in [3.8, 4) is 6.07 Å². The molecule has 1 saturated heterocycles. The zero-order chi connectivity index (χ0) is 17.4. The number of piperidine rings is 1. The van der Waals surface area contributed by atoms with Gasteiger partial charge in [0.15, 0.2) is 0 Å². The third kappa shape index (κ3) is 5.13. The average Bonchev–Trinajstić information content (AvgIpc) is 2.60. The second kappa shape index (κ2) is 8.73. The summed E-state index contributed by atoms with van der Waals surface area (Å²) < 4.78 is 4.87. The topological polar surface area (TPSA) is 82.4 Å². The Morgan fingerprint density at radius 2 is 2.17 bits per heavy atom. The van der Waals surface area contributed by atoms with Gasteiger partial charge in [0.2, 0.25) is 5.91 Å². The molecular formula is C18H21N3O3. The lowest BCUT2D eigenvalue weighted by Gasteiger charge is -2.32. The molecule has 1 fully saturated rings. The molecule has 1 aromatic carbocycles. The van der Waals surface area contributed by atoms with Gasteiger partial charge in [0.1, 0.15) is 0 Å². The van der Waals surface area contributed by atoms with Gasteiger partial charge in [-0.05, 0) is 43.5 Å². The van der Waals surface area contributed by atoms with Crippen molar-refractivity contribution in [3.05, 3.63) is 41.5 Å². The van der Waals surface area contributed by atoms with Crippen LogP contribution in [-0.2, 0) is 9.53 Å². The lowest BCUT2D eigenvalue weighted by molar-refractivity contribution is -0.127. The van der Waals surface area contributed by atoms with E-state index in [1.165, 1.54) is 6.08 Å². The molecule has 2 amide bonds. The second-order valence-electron chi connectivity index (χ2n) is 5.56. The Balaban J connectivity index is 1.90. The number of carbonyl (C=O) groups excluding carboxylic acids is 2. The molecule has 0 radical (unpaired) electrons. The number of amides is 2. The Kier molecular flexibility index (Phi) is 6.38. The molecule has 0 aliphatic carbocycles. The second-order valence-corrected chi connectivity index (χ2v) is 5.56. The zero-order valence-corrected chi connectivity index (χ0v) is 13.7. The van der Waals surface area contributed by atoms with E-state index in [1.807, 2.05) is 0 Å². The van der Waals surface area contributed by atoms with Gasteiger partial charge in [-0.3, -0.25) is 4.79 Å². The molecule has 0 spiro atoms. The third-order valence-corrected chi connectivity index (χ3v) is 3.79. The quantitative estimate of drug-likeness (QED) is 0.860. The summed E-state index contributed by atoms with van der Waals surface area (Å²) in [6, 6.07) is 8.99. The van der Waals surface area contributed by atoms with Crippen LogP contribution < -0.4 is 5.32 Å². The third-order valence-electron chi connectivity index (χ3n) is 3.79. The number of nitrogens with zero attached hydrogens (tertiary/aromatic N) is 2. The number of hydrogen-bond acceptors (Lipinski definition) is 4. The maximum Gasteiger partial charge on any atom is 0.407 e. The molecule has 6 heteroatoms. The summed E-state index contributed by atoms with van der Waals surface area (Å²) >= 11 is 0. The lowest BCUT2D eigenvalue weighted by Crippen LogP contribution is -2.49. The molecule has 1 heterocycles. The number of rotatable bonds is 4. The molecule has 24 heavy (non-hydrogen) atoms. The highest BCUT2D eigenvalue weighted by molar-refractivity contribution is 5.91. The fourth-order valence-corrected chi connectivity index (χ4v) is 2.58. The maximum atomic E-state index is 12.3. The minimum absolute atomic E-state index is 0.0786. The summed E-state index contributed by atoms with van der Waals surface area (Å²) in [5, 5.41) is 11.6. The monoisotopic (exact) mass is 327 g/mol. The fourth-order valence-electron chi connectivity index (χ4n) is 2.58. The molecule has 0 bridgehead atoms. The number of ether oxygens (including phenoxy) is 1. The van der Waals surface area contributed by atoms with Gasteiger partial charge in [0.05, 0.1) is 18.2 Å². The van der Waals surface area contributed by atoms with Crippen LogP contribution in [0.3, 0.4) is 0 Å². The van der Waals surface area contributed by atoms with Gasteiger partial charge < -0.3 is 15.0 Å². The molecular weight excluding hydrogens is 306 g/mol. The van der Waals surface area contributed by atoms with Gasteiger partial charge in [-0.2, -0.15) is 5.26 Å². The molecule has 0 saturated carbocycles. The molecule has 1 N–H and O–H groups in total. The van der Waals surface area contributed by atoms with E-state index in [1.54, 1.807) is 42.2 Å². The van der Waals surface area contributed by atoms with Crippen LogP contribution in [0, 0.1) is 11.3 Å². The standard InChI is InChI=1S/C18H21N3O3/c1-2-24-18(23)20-16-4-3-11-21(13-16)17(22)10-9-14-5-7-15(12-19)8-6-14/h5-10,16H,2-4,11,13H2,1H3,(H,20,23). The normalized spacial score (nSPS) is 17.3. The highest BCUT2D eigenvalue weighted by Gasteiger charge is 2.23. The van der Waals surface area contributed by atoms with Gasteiger partial charge >= 0.3 is 6.09 Å². The van der Waals surface area contributed by atoms with Crippen LogP contribution in [0.5, 0.6) is 0 Å². The number of likely N-dealkylation sites (tertiary alicyclic amines) is 1. The minimum Gasteiger partial charge on any atom is -0.450 e. The van der Waals surface area contributed by atoms with Crippen LogP contribution in [0.4, 0.5) is 4.79 Å². The van der Waals surface area contributed by atoms with Crippen molar-refractivity contribution >= 4 is 18.1 Å². The Hall–Kier alpha value is -2.81. The van der Waals surface area contributed by atoms with Gasteiger partial charge in [-0.25, -0.2) is 4.79 Å². The highest BCUT2D eigenvalue weighted by Crippen LogP contribution is 2.12. The highest BCUT2D eigenvalue weighted by atomic mass is 16.5.